The number of aryl methyl sites for hydroxylation is 1. The van der Waals surface area contributed by atoms with E-state index in [1.165, 1.54) is 0 Å². The normalized spacial score (nSPS) is 17.9. The molecule has 2 rings (SSSR count). The first-order chi connectivity index (χ1) is 9.56. The largest absolute Gasteiger partial charge is 0.366 e. The lowest BCUT2D eigenvalue weighted by Gasteiger charge is -2.11. The van der Waals surface area contributed by atoms with Crippen LogP contribution in [0.15, 0.2) is 18.2 Å². The SMILES string of the molecule is Cc1ccc(C(N)=O)cc1NC(=O)CCC1CCNC1. The van der Waals surface area contributed by atoms with Crippen LogP contribution in [-0.4, -0.2) is 24.9 Å². The van der Waals surface area contributed by atoms with Crippen molar-refractivity contribution in [3.8, 4) is 0 Å². The first kappa shape index (κ1) is 14.5. The number of hydrogen-bond donors (Lipinski definition) is 3. The Morgan fingerprint density at radius 1 is 1.45 bits per heavy atom. The van der Waals surface area contributed by atoms with Crippen molar-refractivity contribution >= 4 is 17.5 Å². The molecule has 1 saturated heterocycles. The predicted octanol–water partition coefficient (Wildman–Crippen LogP) is 1.42. The van der Waals surface area contributed by atoms with E-state index in [4.69, 9.17) is 5.73 Å². The molecule has 2 amide bonds. The summed E-state index contributed by atoms with van der Waals surface area (Å²) < 4.78 is 0. The number of carbonyl (C=O) groups excluding carboxylic acids is 2. The van der Waals surface area contributed by atoms with Crippen molar-refractivity contribution in [3.63, 3.8) is 0 Å². The van der Waals surface area contributed by atoms with Gasteiger partial charge in [-0.2, -0.15) is 0 Å². The molecule has 1 aliphatic rings. The molecule has 0 saturated carbocycles. The molecule has 1 aromatic carbocycles. The van der Waals surface area contributed by atoms with E-state index in [-0.39, 0.29) is 5.91 Å². The predicted molar refractivity (Wildman–Crippen MR) is 78.5 cm³/mol. The Bertz CT molecular complexity index is 508. The van der Waals surface area contributed by atoms with E-state index >= 15 is 0 Å². The van der Waals surface area contributed by atoms with Gasteiger partial charge in [-0.15, -0.1) is 0 Å². The highest BCUT2D eigenvalue weighted by atomic mass is 16.2. The second-order valence-electron chi connectivity index (χ2n) is 5.34. The van der Waals surface area contributed by atoms with Crippen molar-refractivity contribution in [1.29, 1.82) is 0 Å². The number of nitrogens with two attached hydrogens (primary N) is 1. The van der Waals surface area contributed by atoms with E-state index in [1.807, 2.05) is 6.92 Å². The molecule has 0 aromatic heterocycles. The van der Waals surface area contributed by atoms with Gasteiger partial charge in [-0.3, -0.25) is 9.59 Å². The summed E-state index contributed by atoms with van der Waals surface area (Å²) in [6.45, 7) is 3.94. The molecule has 1 atom stereocenters. The Balaban J connectivity index is 1.92. The van der Waals surface area contributed by atoms with E-state index in [0.717, 1.165) is 31.5 Å². The highest BCUT2D eigenvalue weighted by molar-refractivity contribution is 5.96. The van der Waals surface area contributed by atoms with Gasteiger partial charge in [-0.1, -0.05) is 6.07 Å². The summed E-state index contributed by atoms with van der Waals surface area (Å²) in [5.41, 5.74) is 7.24. The summed E-state index contributed by atoms with van der Waals surface area (Å²) in [4.78, 5) is 23.1. The summed E-state index contributed by atoms with van der Waals surface area (Å²) in [7, 11) is 0. The van der Waals surface area contributed by atoms with Gasteiger partial charge in [-0.05, 0) is 56.5 Å². The molecule has 0 radical (unpaired) electrons. The molecule has 108 valence electrons. The van der Waals surface area contributed by atoms with E-state index in [0.29, 0.717) is 23.6 Å². The van der Waals surface area contributed by atoms with Crippen molar-refractivity contribution in [2.24, 2.45) is 11.7 Å². The molecule has 1 fully saturated rings. The second-order valence-corrected chi connectivity index (χ2v) is 5.34. The minimum Gasteiger partial charge on any atom is -0.366 e. The molecule has 1 unspecified atom stereocenters. The Labute approximate surface area is 118 Å². The Morgan fingerprint density at radius 2 is 2.25 bits per heavy atom. The highest BCUT2D eigenvalue weighted by Gasteiger charge is 2.16. The number of nitrogens with one attached hydrogen (secondary N) is 2. The lowest BCUT2D eigenvalue weighted by Crippen LogP contribution is -2.16. The third kappa shape index (κ3) is 3.81. The number of anilines is 1. The molecular weight excluding hydrogens is 254 g/mol. The third-order valence-electron chi connectivity index (χ3n) is 3.74. The summed E-state index contributed by atoms with van der Waals surface area (Å²) in [5, 5.41) is 6.15. The van der Waals surface area contributed by atoms with Crippen LogP contribution in [0.4, 0.5) is 5.69 Å². The molecule has 1 heterocycles. The molecule has 1 aromatic rings. The van der Waals surface area contributed by atoms with Gasteiger partial charge in [0.2, 0.25) is 11.8 Å². The Morgan fingerprint density at radius 3 is 2.90 bits per heavy atom. The molecule has 5 heteroatoms. The number of rotatable bonds is 5. The molecule has 4 N–H and O–H groups in total. The summed E-state index contributed by atoms with van der Waals surface area (Å²) in [5.74, 6) is 0.0953. The summed E-state index contributed by atoms with van der Waals surface area (Å²) >= 11 is 0. The average Bonchev–Trinajstić information content (AvgIpc) is 2.92. The van der Waals surface area contributed by atoms with Crippen LogP contribution >= 0.6 is 0 Å². The topological polar surface area (TPSA) is 84.2 Å². The number of hydrogen-bond acceptors (Lipinski definition) is 3. The molecule has 0 bridgehead atoms. The van der Waals surface area contributed by atoms with Crippen LogP contribution in [0.3, 0.4) is 0 Å². The van der Waals surface area contributed by atoms with Gasteiger partial charge in [0, 0.05) is 17.7 Å². The molecule has 1 aliphatic heterocycles. The maximum atomic E-state index is 12.0. The fraction of sp³-hybridized carbons (Fsp3) is 0.467. The van der Waals surface area contributed by atoms with Crippen LogP contribution in [0.5, 0.6) is 0 Å². The fourth-order valence-corrected chi connectivity index (χ4v) is 2.42. The van der Waals surface area contributed by atoms with Crippen LogP contribution in [0.25, 0.3) is 0 Å². The average molecular weight is 275 g/mol. The summed E-state index contributed by atoms with van der Waals surface area (Å²) in [6, 6.07) is 5.08. The zero-order valence-electron chi connectivity index (χ0n) is 11.7. The number of carbonyl (C=O) groups is 2. The quantitative estimate of drug-likeness (QED) is 0.760. The number of benzene rings is 1. The Kier molecular flexibility index (Phi) is 4.74. The van der Waals surface area contributed by atoms with Crippen LogP contribution in [0.1, 0.15) is 35.2 Å². The van der Waals surface area contributed by atoms with Gasteiger partial charge >= 0.3 is 0 Å². The maximum Gasteiger partial charge on any atom is 0.248 e. The highest BCUT2D eigenvalue weighted by Crippen LogP contribution is 2.19. The number of primary amides is 1. The van der Waals surface area contributed by atoms with E-state index in [2.05, 4.69) is 10.6 Å². The van der Waals surface area contributed by atoms with Crippen molar-refractivity contribution in [1.82, 2.24) is 5.32 Å². The maximum absolute atomic E-state index is 12.0. The molecular formula is C15H21N3O2. The standard InChI is InChI=1S/C15H21N3O2/c1-10-2-4-12(15(16)20)8-13(10)18-14(19)5-3-11-6-7-17-9-11/h2,4,8,11,17H,3,5-7,9H2,1H3,(H2,16,20)(H,18,19). The van der Waals surface area contributed by atoms with Crippen LogP contribution in [0, 0.1) is 12.8 Å². The zero-order chi connectivity index (χ0) is 14.5. The van der Waals surface area contributed by atoms with Gasteiger partial charge in [0.15, 0.2) is 0 Å². The van der Waals surface area contributed by atoms with Gasteiger partial charge < -0.3 is 16.4 Å². The van der Waals surface area contributed by atoms with Gasteiger partial charge in [-0.25, -0.2) is 0 Å². The molecule has 0 aliphatic carbocycles. The molecule has 5 nitrogen and oxygen atoms in total. The lowest BCUT2D eigenvalue weighted by atomic mass is 10.0. The Hall–Kier alpha value is -1.88. The monoisotopic (exact) mass is 275 g/mol. The third-order valence-corrected chi connectivity index (χ3v) is 3.74. The van der Waals surface area contributed by atoms with Crippen LogP contribution in [-0.2, 0) is 4.79 Å². The number of amides is 2. The van der Waals surface area contributed by atoms with Crippen molar-refractivity contribution in [2.45, 2.75) is 26.2 Å². The van der Waals surface area contributed by atoms with Crippen LogP contribution in [0.2, 0.25) is 0 Å². The van der Waals surface area contributed by atoms with E-state index < -0.39 is 5.91 Å². The first-order valence-corrected chi connectivity index (χ1v) is 6.97. The van der Waals surface area contributed by atoms with Crippen molar-refractivity contribution < 1.29 is 9.59 Å². The lowest BCUT2D eigenvalue weighted by molar-refractivity contribution is -0.116. The van der Waals surface area contributed by atoms with Crippen molar-refractivity contribution in [2.75, 3.05) is 18.4 Å². The molecule has 0 spiro atoms. The van der Waals surface area contributed by atoms with Gasteiger partial charge in [0.25, 0.3) is 0 Å². The van der Waals surface area contributed by atoms with Gasteiger partial charge in [0.05, 0.1) is 0 Å². The minimum atomic E-state index is -0.488. The van der Waals surface area contributed by atoms with E-state index in [1.54, 1.807) is 18.2 Å². The van der Waals surface area contributed by atoms with Crippen LogP contribution < -0.4 is 16.4 Å². The smallest absolute Gasteiger partial charge is 0.248 e. The second kappa shape index (κ2) is 6.52. The molecule has 20 heavy (non-hydrogen) atoms. The zero-order valence-corrected chi connectivity index (χ0v) is 11.7. The first-order valence-electron chi connectivity index (χ1n) is 6.97. The van der Waals surface area contributed by atoms with E-state index in [9.17, 15) is 9.59 Å². The minimum absolute atomic E-state index is 0.0124. The summed E-state index contributed by atoms with van der Waals surface area (Å²) in [6.07, 6.45) is 2.55. The van der Waals surface area contributed by atoms with Gasteiger partial charge in [0.1, 0.15) is 0 Å². The fourth-order valence-electron chi connectivity index (χ4n) is 2.42. The van der Waals surface area contributed by atoms with Crippen molar-refractivity contribution in [3.05, 3.63) is 29.3 Å².